The van der Waals surface area contributed by atoms with Gasteiger partial charge in [-0.05, 0) is 26.0 Å². The summed E-state index contributed by atoms with van der Waals surface area (Å²) in [4.78, 5) is 11.9. The first-order valence-corrected chi connectivity index (χ1v) is 5.47. The Balaban J connectivity index is 2.65. The maximum absolute atomic E-state index is 11.9. The lowest BCUT2D eigenvalue weighted by atomic mass is 10.0. The fourth-order valence-corrected chi connectivity index (χ4v) is 1.69. The highest BCUT2D eigenvalue weighted by molar-refractivity contribution is 5.97. The number of benzene rings is 1. The first kappa shape index (κ1) is 11.9. The molecule has 2 heteroatoms. The average Bonchev–Trinajstić information content (AvgIpc) is 2.18. The summed E-state index contributed by atoms with van der Waals surface area (Å²) >= 11 is 0. The standard InChI is InChI=1S/C13H19NO/c1-4-14-11(3)9-13(15)12-8-6-5-7-10(12)2/h5-8,11,14H,4,9H2,1-3H3. The summed E-state index contributed by atoms with van der Waals surface area (Å²) in [5.74, 6) is 0.224. The molecule has 1 unspecified atom stereocenters. The molecular weight excluding hydrogens is 186 g/mol. The molecule has 0 aliphatic carbocycles. The molecule has 1 aromatic carbocycles. The van der Waals surface area contributed by atoms with Crippen molar-refractivity contribution in [2.45, 2.75) is 33.2 Å². The molecule has 1 rings (SSSR count). The van der Waals surface area contributed by atoms with Crippen LogP contribution in [0.25, 0.3) is 0 Å². The lowest BCUT2D eigenvalue weighted by Crippen LogP contribution is -2.28. The summed E-state index contributed by atoms with van der Waals surface area (Å²) in [5, 5.41) is 3.24. The fourth-order valence-electron chi connectivity index (χ4n) is 1.69. The van der Waals surface area contributed by atoms with Crippen LogP contribution < -0.4 is 5.32 Å². The van der Waals surface area contributed by atoms with Crippen molar-refractivity contribution in [2.75, 3.05) is 6.54 Å². The van der Waals surface area contributed by atoms with Gasteiger partial charge >= 0.3 is 0 Å². The molecule has 0 aromatic heterocycles. The van der Waals surface area contributed by atoms with Crippen molar-refractivity contribution < 1.29 is 4.79 Å². The third-order valence-corrected chi connectivity index (χ3v) is 2.49. The normalized spacial score (nSPS) is 12.5. The molecule has 0 fully saturated rings. The highest BCUT2D eigenvalue weighted by Gasteiger charge is 2.11. The van der Waals surface area contributed by atoms with Crippen molar-refractivity contribution in [1.29, 1.82) is 0 Å². The highest BCUT2D eigenvalue weighted by Crippen LogP contribution is 2.10. The summed E-state index contributed by atoms with van der Waals surface area (Å²) in [6.45, 7) is 6.97. The van der Waals surface area contributed by atoms with Crippen molar-refractivity contribution in [1.82, 2.24) is 5.32 Å². The molecular formula is C13H19NO. The molecule has 0 radical (unpaired) electrons. The van der Waals surface area contributed by atoms with E-state index in [0.29, 0.717) is 6.42 Å². The highest BCUT2D eigenvalue weighted by atomic mass is 16.1. The lowest BCUT2D eigenvalue weighted by Gasteiger charge is -2.12. The van der Waals surface area contributed by atoms with E-state index in [9.17, 15) is 4.79 Å². The van der Waals surface area contributed by atoms with E-state index in [4.69, 9.17) is 0 Å². The van der Waals surface area contributed by atoms with Crippen LogP contribution in [0, 0.1) is 6.92 Å². The Morgan fingerprint density at radius 3 is 2.67 bits per heavy atom. The smallest absolute Gasteiger partial charge is 0.164 e. The van der Waals surface area contributed by atoms with Gasteiger partial charge in [-0.25, -0.2) is 0 Å². The molecule has 0 heterocycles. The van der Waals surface area contributed by atoms with Crippen LogP contribution in [-0.4, -0.2) is 18.4 Å². The zero-order valence-corrected chi connectivity index (χ0v) is 9.71. The van der Waals surface area contributed by atoms with Gasteiger partial charge < -0.3 is 5.32 Å². The van der Waals surface area contributed by atoms with Gasteiger partial charge in [0.15, 0.2) is 5.78 Å². The molecule has 0 aliphatic heterocycles. The van der Waals surface area contributed by atoms with Crippen LogP contribution in [0.2, 0.25) is 0 Å². The van der Waals surface area contributed by atoms with Crippen LogP contribution in [0.1, 0.15) is 36.2 Å². The maximum Gasteiger partial charge on any atom is 0.164 e. The number of carbonyl (C=O) groups is 1. The van der Waals surface area contributed by atoms with E-state index < -0.39 is 0 Å². The summed E-state index contributed by atoms with van der Waals surface area (Å²) in [5.41, 5.74) is 1.91. The summed E-state index contributed by atoms with van der Waals surface area (Å²) in [7, 11) is 0. The number of hydrogen-bond acceptors (Lipinski definition) is 2. The molecule has 0 saturated carbocycles. The lowest BCUT2D eigenvalue weighted by molar-refractivity contribution is 0.0971. The molecule has 0 aliphatic rings. The van der Waals surface area contributed by atoms with E-state index in [1.54, 1.807) is 0 Å². The van der Waals surface area contributed by atoms with Crippen molar-refractivity contribution in [3.8, 4) is 0 Å². The zero-order valence-electron chi connectivity index (χ0n) is 9.71. The second-order valence-corrected chi connectivity index (χ2v) is 3.90. The number of rotatable bonds is 5. The number of nitrogens with one attached hydrogen (secondary N) is 1. The molecule has 82 valence electrons. The van der Waals surface area contributed by atoms with Gasteiger partial charge in [-0.3, -0.25) is 4.79 Å². The maximum atomic E-state index is 11.9. The van der Waals surface area contributed by atoms with Crippen LogP contribution in [0.5, 0.6) is 0 Å². The van der Waals surface area contributed by atoms with E-state index >= 15 is 0 Å². The number of carbonyl (C=O) groups excluding carboxylic acids is 1. The number of hydrogen-bond donors (Lipinski definition) is 1. The van der Waals surface area contributed by atoms with Crippen molar-refractivity contribution >= 4 is 5.78 Å². The summed E-state index contributed by atoms with van der Waals surface area (Å²) in [6.07, 6.45) is 0.568. The Morgan fingerprint density at radius 1 is 1.40 bits per heavy atom. The molecule has 1 N–H and O–H groups in total. The van der Waals surface area contributed by atoms with E-state index in [1.807, 2.05) is 38.1 Å². The quantitative estimate of drug-likeness (QED) is 0.748. The van der Waals surface area contributed by atoms with Crippen LogP contribution >= 0.6 is 0 Å². The third kappa shape index (κ3) is 3.48. The minimum atomic E-state index is 0.224. The Labute approximate surface area is 91.7 Å². The van der Waals surface area contributed by atoms with Crippen molar-refractivity contribution in [3.05, 3.63) is 35.4 Å². The fraction of sp³-hybridized carbons (Fsp3) is 0.462. The van der Waals surface area contributed by atoms with E-state index in [0.717, 1.165) is 17.7 Å². The SMILES string of the molecule is CCNC(C)CC(=O)c1ccccc1C. The van der Waals surface area contributed by atoms with Gasteiger partial charge in [-0.15, -0.1) is 0 Å². The third-order valence-electron chi connectivity index (χ3n) is 2.49. The number of ketones is 1. The summed E-state index contributed by atoms with van der Waals surface area (Å²) < 4.78 is 0. The molecule has 1 atom stereocenters. The van der Waals surface area contributed by atoms with Crippen LogP contribution in [-0.2, 0) is 0 Å². The van der Waals surface area contributed by atoms with E-state index in [1.165, 1.54) is 0 Å². The van der Waals surface area contributed by atoms with Gasteiger partial charge in [0.05, 0.1) is 0 Å². The predicted molar refractivity (Wildman–Crippen MR) is 63.3 cm³/mol. The Hall–Kier alpha value is -1.15. The van der Waals surface area contributed by atoms with Gasteiger partial charge in [-0.1, -0.05) is 31.2 Å². The van der Waals surface area contributed by atoms with Crippen molar-refractivity contribution in [2.24, 2.45) is 0 Å². The van der Waals surface area contributed by atoms with Crippen LogP contribution in [0.3, 0.4) is 0 Å². The van der Waals surface area contributed by atoms with Crippen LogP contribution in [0.4, 0.5) is 0 Å². The van der Waals surface area contributed by atoms with Gasteiger partial charge in [0.2, 0.25) is 0 Å². The molecule has 15 heavy (non-hydrogen) atoms. The largest absolute Gasteiger partial charge is 0.314 e. The Morgan fingerprint density at radius 2 is 2.07 bits per heavy atom. The van der Waals surface area contributed by atoms with E-state index in [-0.39, 0.29) is 11.8 Å². The molecule has 0 saturated heterocycles. The van der Waals surface area contributed by atoms with Gasteiger partial charge in [-0.2, -0.15) is 0 Å². The minimum Gasteiger partial charge on any atom is -0.314 e. The first-order chi connectivity index (χ1) is 7.15. The molecule has 0 bridgehead atoms. The van der Waals surface area contributed by atoms with E-state index in [2.05, 4.69) is 12.2 Å². The monoisotopic (exact) mass is 205 g/mol. The number of aryl methyl sites for hydroxylation is 1. The molecule has 0 amide bonds. The van der Waals surface area contributed by atoms with Gasteiger partial charge in [0.1, 0.15) is 0 Å². The van der Waals surface area contributed by atoms with Crippen molar-refractivity contribution in [3.63, 3.8) is 0 Å². The topological polar surface area (TPSA) is 29.1 Å². The average molecular weight is 205 g/mol. The zero-order chi connectivity index (χ0) is 11.3. The second-order valence-electron chi connectivity index (χ2n) is 3.90. The second kappa shape index (κ2) is 5.66. The molecule has 2 nitrogen and oxygen atoms in total. The molecule has 0 spiro atoms. The Bertz CT molecular complexity index is 333. The predicted octanol–water partition coefficient (Wildman–Crippen LogP) is 2.57. The van der Waals surface area contributed by atoms with Gasteiger partial charge in [0, 0.05) is 18.0 Å². The molecule has 1 aromatic rings. The van der Waals surface area contributed by atoms with Crippen LogP contribution in [0.15, 0.2) is 24.3 Å². The summed E-state index contributed by atoms with van der Waals surface area (Å²) in [6, 6.07) is 8.00. The van der Waals surface area contributed by atoms with Gasteiger partial charge in [0.25, 0.3) is 0 Å². The minimum absolute atomic E-state index is 0.224. The Kier molecular flexibility index (Phi) is 4.50. The number of Topliss-reactive ketones (excluding diaryl/α,β-unsaturated/α-hetero) is 1. The first-order valence-electron chi connectivity index (χ1n) is 5.47.